The average molecular weight is 250 g/mol. The molecule has 1 aliphatic rings. The van der Waals surface area contributed by atoms with Gasteiger partial charge in [-0.05, 0) is 31.4 Å². The third-order valence-electron chi connectivity index (χ3n) is 3.26. The molecule has 1 saturated carbocycles. The lowest BCUT2D eigenvalue weighted by Gasteiger charge is -2.27. The predicted molar refractivity (Wildman–Crippen MR) is 75.4 cm³/mol. The lowest BCUT2D eigenvalue weighted by Crippen LogP contribution is -2.40. The third kappa shape index (κ3) is 4.70. The minimum atomic E-state index is 0.419. The first kappa shape index (κ1) is 12.9. The van der Waals surface area contributed by atoms with Crippen LogP contribution in [0.25, 0.3) is 0 Å². The zero-order valence-electron chi connectivity index (χ0n) is 10.3. The zero-order valence-corrected chi connectivity index (χ0v) is 11.1. The molecule has 1 aromatic carbocycles. The van der Waals surface area contributed by atoms with Gasteiger partial charge < -0.3 is 11.1 Å². The molecular weight excluding hydrogens is 228 g/mol. The van der Waals surface area contributed by atoms with Gasteiger partial charge in [-0.15, -0.1) is 11.8 Å². The van der Waals surface area contributed by atoms with Crippen LogP contribution in [0.2, 0.25) is 0 Å². The van der Waals surface area contributed by atoms with E-state index in [0.29, 0.717) is 12.1 Å². The summed E-state index contributed by atoms with van der Waals surface area (Å²) in [4.78, 5) is 1.36. The van der Waals surface area contributed by atoms with Gasteiger partial charge in [-0.2, -0.15) is 0 Å². The summed E-state index contributed by atoms with van der Waals surface area (Å²) < 4.78 is 0. The molecule has 2 atom stereocenters. The molecule has 94 valence electrons. The van der Waals surface area contributed by atoms with E-state index in [4.69, 9.17) is 5.73 Å². The molecule has 0 saturated heterocycles. The van der Waals surface area contributed by atoms with Crippen LogP contribution in [0.4, 0.5) is 0 Å². The number of hydrogen-bond donors (Lipinski definition) is 2. The van der Waals surface area contributed by atoms with Crippen molar-refractivity contribution in [2.45, 2.75) is 42.7 Å². The summed E-state index contributed by atoms with van der Waals surface area (Å²) in [6.45, 7) is 1.08. The number of thioether (sulfide) groups is 1. The Kier molecular flexibility index (Phi) is 5.36. The first-order chi connectivity index (χ1) is 8.34. The zero-order chi connectivity index (χ0) is 11.9. The molecule has 0 spiro atoms. The normalized spacial score (nSPS) is 24.8. The lowest BCUT2D eigenvalue weighted by atomic mass is 9.92. The van der Waals surface area contributed by atoms with Gasteiger partial charge in [0.05, 0.1) is 0 Å². The summed E-state index contributed by atoms with van der Waals surface area (Å²) in [7, 11) is 0. The van der Waals surface area contributed by atoms with Crippen LogP contribution in [0, 0.1) is 0 Å². The van der Waals surface area contributed by atoms with Gasteiger partial charge in [0, 0.05) is 29.3 Å². The highest BCUT2D eigenvalue weighted by molar-refractivity contribution is 7.99. The number of rotatable bonds is 5. The van der Waals surface area contributed by atoms with E-state index >= 15 is 0 Å². The molecule has 3 heteroatoms. The molecule has 1 aliphatic carbocycles. The highest BCUT2D eigenvalue weighted by Gasteiger charge is 2.17. The van der Waals surface area contributed by atoms with Gasteiger partial charge in [0.1, 0.15) is 0 Å². The Bertz CT molecular complexity index is 315. The Morgan fingerprint density at radius 2 is 2.06 bits per heavy atom. The van der Waals surface area contributed by atoms with Crippen molar-refractivity contribution in [1.82, 2.24) is 5.32 Å². The van der Waals surface area contributed by atoms with Crippen LogP contribution in [0.3, 0.4) is 0 Å². The molecule has 0 radical (unpaired) electrons. The van der Waals surface area contributed by atoms with Crippen LogP contribution in [-0.4, -0.2) is 24.4 Å². The summed E-state index contributed by atoms with van der Waals surface area (Å²) in [5.41, 5.74) is 5.98. The second-order valence-electron chi connectivity index (χ2n) is 4.74. The molecule has 0 aromatic heterocycles. The molecule has 1 fully saturated rings. The maximum Gasteiger partial charge on any atom is 0.0106 e. The summed E-state index contributed by atoms with van der Waals surface area (Å²) in [5, 5.41) is 3.62. The van der Waals surface area contributed by atoms with Crippen molar-refractivity contribution in [3.05, 3.63) is 30.3 Å². The van der Waals surface area contributed by atoms with E-state index in [1.807, 2.05) is 11.8 Å². The molecule has 0 amide bonds. The highest BCUT2D eigenvalue weighted by Crippen LogP contribution is 2.18. The van der Waals surface area contributed by atoms with Crippen LogP contribution < -0.4 is 11.1 Å². The smallest absolute Gasteiger partial charge is 0.0106 e. The second-order valence-corrected chi connectivity index (χ2v) is 5.91. The third-order valence-corrected chi connectivity index (χ3v) is 4.28. The SMILES string of the molecule is NC1CCCC(NCCSc2ccccc2)C1. The van der Waals surface area contributed by atoms with E-state index in [2.05, 4.69) is 35.6 Å². The van der Waals surface area contributed by atoms with E-state index in [9.17, 15) is 0 Å². The second kappa shape index (κ2) is 7.04. The molecule has 0 bridgehead atoms. The van der Waals surface area contributed by atoms with Crippen molar-refractivity contribution >= 4 is 11.8 Å². The average Bonchev–Trinajstić information content (AvgIpc) is 2.36. The Labute approximate surface area is 108 Å². The van der Waals surface area contributed by atoms with Crippen LogP contribution in [-0.2, 0) is 0 Å². The van der Waals surface area contributed by atoms with Crippen LogP contribution >= 0.6 is 11.8 Å². The molecule has 2 rings (SSSR count). The van der Waals surface area contributed by atoms with Gasteiger partial charge in [0.15, 0.2) is 0 Å². The molecule has 2 nitrogen and oxygen atoms in total. The molecular formula is C14H22N2S. The minimum Gasteiger partial charge on any atom is -0.328 e. The summed E-state index contributed by atoms with van der Waals surface area (Å²) in [6.07, 6.45) is 4.93. The lowest BCUT2D eigenvalue weighted by molar-refractivity contribution is 0.345. The van der Waals surface area contributed by atoms with Gasteiger partial charge in [-0.1, -0.05) is 24.6 Å². The Hall–Kier alpha value is -0.510. The number of hydrogen-bond acceptors (Lipinski definition) is 3. The summed E-state index contributed by atoms with van der Waals surface area (Å²) in [6, 6.07) is 11.7. The van der Waals surface area contributed by atoms with Gasteiger partial charge in [0.2, 0.25) is 0 Å². The van der Waals surface area contributed by atoms with E-state index in [1.165, 1.54) is 24.2 Å². The van der Waals surface area contributed by atoms with Gasteiger partial charge >= 0.3 is 0 Å². The quantitative estimate of drug-likeness (QED) is 0.623. The Morgan fingerprint density at radius 3 is 2.82 bits per heavy atom. The summed E-state index contributed by atoms with van der Waals surface area (Å²) >= 11 is 1.92. The van der Waals surface area contributed by atoms with E-state index in [0.717, 1.165) is 18.7 Å². The Balaban J connectivity index is 1.60. The molecule has 17 heavy (non-hydrogen) atoms. The van der Waals surface area contributed by atoms with E-state index in [-0.39, 0.29) is 0 Å². The van der Waals surface area contributed by atoms with Crippen molar-refractivity contribution in [3.63, 3.8) is 0 Å². The van der Waals surface area contributed by atoms with Crippen molar-refractivity contribution in [2.24, 2.45) is 5.73 Å². The van der Waals surface area contributed by atoms with Gasteiger partial charge in [0.25, 0.3) is 0 Å². The predicted octanol–water partition coefficient (Wildman–Crippen LogP) is 2.64. The number of nitrogens with two attached hydrogens (primary N) is 1. The van der Waals surface area contributed by atoms with Crippen molar-refractivity contribution < 1.29 is 0 Å². The van der Waals surface area contributed by atoms with Crippen LogP contribution in [0.1, 0.15) is 25.7 Å². The standard InChI is InChI=1S/C14H22N2S/c15-12-5-4-6-13(11-12)16-9-10-17-14-7-2-1-3-8-14/h1-3,7-8,12-13,16H,4-6,9-11,15H2. The molecule has 0 heterocycles. The largest absolute Gasteiger partial charge is 0.328 e. The number of nitrogens with one attached hydrogen (secondary N) is 1. The highest BCUT2D eigenvalue weighted by atomic mass is 32.2. The van der Waals surface area contributed by atoms with Crippen LogP contribution in [0.15, 0.2) is 35.2 Å². The fourth-order valence-electron chi connectivity index (χ4n) is 2.36. The van der Waals surface area contributed by atoms with E-state index < -0.39 is 0 Å². The fraction of sp³-hybridized carbons (Fsp3) is 0.571. The molecule has 1 aromatic rings. The maximum absolute atomic E-state index is 5.98. The van der Waals surface area contributed by atoms with Crippen LogP contribution in [0.5, 0.6) is 0 Å². The first-order valence-corrected chi connectivity index (χ1v) is 7.50. The Morgan fingerprint density at radius 1 is 1.24 bits per heavy atom. The minimum absolute atomic E-state index is 0.419. The topological polar surface area (TPSA) is 38.0 Å². The van der Waals surface area contributed by atoms with Crippen molar-refractivity contribution in [1.29, 1.82) is 0 Å². The van der Waals surface area contributed by atoms with Gasteiger partial charge in [-0.25, -0.2) is 0 Å². The molecule has 3 N–H and O–H groups in total. The number of benzene rings is 1. The fourth-order valence-corrected chi connectivity index (χ4v) is 3.17. The van der Waals surface area contributed by atoms with E-state index in [1.54, 1.807) is 0 Å². The van der Waals surface area contributed by atoms with Gasteiger partial charge in [-0.3, -0.25) is 0 Å². The van der Waals surface area contributed by atoms with Crippen molar-refractivity contribution in [3.8, 4) is 0 Å². The monoisotopic (exact) mass is 250 g/mol. The molecule has 0 aliphatic heterocycles. The summed E-state index contributed by atoms with van der Waals surface area (Å²) in [5.74, 6) is 1.13. The maximum atomic E-state index is 5.98. The first-order valence-electron chi connectivity index (χ1n) is 6.51. The van der Waals surface area contributed by atoms with Crippen molar-refractivity contribution in [2.75, 3.05) is 12.3 Å². The molecule has 2 unspecified atom stereocenters.